The fourth-order valence-electron chi connectivity index (χ4n) is 2.67. The first-order valence-corrected chi connectivity index (χ1v) is 6.85. The number of carboxylic acid groups (broad SMARTS) is 1. The van der Waals surface area contributed by atoms with Crippen LogP contribution in [0.15, 0.2) is 0 Å². The van der Waals surface area contributed by atoms with Gasteiger partial charge in [0.25, 0.3) is 0 Å². The van der Waals surface area contributed by atoms with Crippen molar-refractivity contribution in [1.29, 1.82) is 0 Å². The van der Waals surface area contributed by atoms with Crippen LogP contribution in [0.5, 0.6) is 0 Å². The highest BCUT2D eigenvalue weighted by Gasteiger charge is 2.45. The average Bonchev–Trinajstić information content (AvgIpc) is 2.71. The predicted octanol–water partition coefficient (Wildman–Crippen LogP) is 2.27. The zero-order valence-corrected chi connectivity index (χ0v) is 12.7. The molecule has 0 aromatic rings. The van der Waals surface area contributed by atoms with E-state index < -0.39 is 11.4 Å². The summed E-state index contributed by atoms with van der Waals surface area (Å²) in [5.74, 6) is -0.788. The Morgan fingerprint density at radius 1 is 1.37 bits per heavy atom. The maximum atomic E-state index is 12.3. The lowest BCUT2D eigenvalue weighted by molar-refractivity contribution is -0.148. The van der Waals surface area contributed by atoms with E-state index in [2.05, 4.69) is 20.8 Å². The number of hydrogen-bond acceptors (Lipinski definition) is 2. The molecule has 5 heteroatoms. The highest BCUT2D eigenvalue weighted by Crippen LogP contribution is 2.34. The second kappa shape index (κ2) is 5.39. The van der Waals surface area contributed by atoms with E-state index in [-0.39, 0.29) is 11.4 Å². The number of aliphatic carboxylic acids is 1. The number of carbonyl (C=O) groups is 2. The molecule has 0 aromatic carbocycles. The van der Waals surface area contributed by atoms with Gasteiger partial charge in [0.2, 0.25) is 0 Å². The summed E-state index contributed by atoms with van der Waals surface area (Å²) >= 11 is 0. The molecular formula is C14H26N2O3. The minimum absolute atomic E-state index is 0.0405. The summed E-state index contributed by atoms with van der Waals surface area (Å²) in [5, 5.41) is 9.34. The summed E-state index contributed by atoms with van der Waals surface area (Å²) in [6.45, 7) is 9.63. The Bertz CT molecular complexity index is 362. The van der Waals surface area contributed by atoms with E-state index in [0.29, 0.717) is 32.5 Å². The zero-order valence-electron chi connectivity index (χ0n) is 12.7. The van der Waals surface area contributed by atoms with Gasteiger partial charge in [-0.1, -0.05) is 27.7 Å². The molecule has 2 amide bonds. The van der Waals surface area contributed by atoms with E-state index in [1.54, 1.807) is 16.8 Å². The smallest absolute Gasteiger partial charge is 0.319 e. The van der Waals surface area contributed by atoms with Crippen LogP contribution in [0.4, 0.5) is 4.79 Å². The molecule has 1 N–H and O–H groups in total. The Morgan fingerprint density at radius 3 is 2.32 bits per heavy atom. The maximum Gasteiger partial charge on any atom is 0.319 e. The van der Waals surface area contributed by atoms with E-state index in [9.17, 15) is 14.7 Å². The van der Waals surface area contributed by atoms with E-state index in [0.717, 1.165) is 0 Å². The van der Waals surface area contributed by atoms with Gasteiger partial charge in [-0.3, -0.25) is 4.79 Å². The van der Waals surface area contributed by atoms with Crippen molar-refractivity contribution in [3.05, 3.63) is 0 Å². The Labute approximate surface area is 115 Å². The number of carbonyl (C=O) groups excluding carboxylic acids is 1. The molecule has 0 saturated carbocycles. The molecule has 5 nitrogen and oxygen atoms in total. The molecule has 1 aliphatic heterocycles. The summed E-state index contributed by atoms with van der Waals surface area (Å²) in [4.78, 5) is 27.0. The fourth-order valence-corrected chi connectivity index (χ4v) is 2.67. The van der Waals surface area contributed by atoms with Crippen molar-refractivity contribution in [2.45, 2.75) is 40.5 Å². The van der Waals surface area contributed by atoms with Crippen LogP contribution in [0, 0.1) is 10.8 Å². The Morgan fingerprint density at radius 2 is 1.95 bits per heavy atom. The van der Waals surface area contributed by atoms with E-state index >= 15 is 0 Å². The van der Waals surface area contributed by atoms with Crippen LogP contribution in [-0.4, -0.2) is 53.6 Å². The van der Waals surface area contributed by atoms with Gasteiger partial charge >= 0.3 is 12.0 Å². The zero-order chi connectivity index (χ0) is 14.8. The molecule has 0 aliphatic carbocycles. The summed E-state index contributed by atoms with van der Waals surface area (Å²) < 4.78 is 0. The molecule has 1 saturated heterocycles. The second-order valence-electron chi connectivity index (χ2n) is 6.81. The van der Waals surface area contributed by atoms with Crippen molar-refractivity contribution in [3.63, 3.8) is 0 Å². The molecule has 1 rings (SSSR count). The van der Waals surface area contributed by atoms with Crippen LogP contribution in [0.25, 0.3) is 0 Å². The number of hydrogen-bond donors (Lipinski definition) is 1. The lowest BCUT2D eigenvalue weighted by Crippen LogP contribution is -2.44. The Balaban J connectivity index is 2.69. The quantitative estimate of drug-likeness (QED) is 0.855. The molecule has 1 heterocycles. The number of nitrogens with zero attached hydrogens (tertiary/aromatic N) is 2. The van der Waals surface area contributed by atoms with Gasteiger partial charge < -0.3 is 14.9 Å². The van der Waals surface area contributed by atoms with Crippen molar-refractivity contribution in [2.24, 2.45) is 10.8 Å². The van der Waals surface area contributed by atoms with E-state index in [1.165, 1.54) is 0 Å². The number of likely N-dealkylation sites (tertiary alicyclic amines) is 1. The summed E-state index contributed by atoms with van der Waals surface area (Å²) in [6.07, 6.45) is 1.11. The van der Waals surface area contributed by atoms with Crippen molar-refractivity contribution in [3.8, 4) is 0 Å². The largest absolute Gasteiger partial charge is 0.481 e. The van der Waals surface area contributed by atoms with Gasteiger partial charge in [-0.2, -0.15) is 0 Å². The number of carboxylic acids is 1. The van der Waals surface area contributed by atoms with E-state index in [4.69, 9.17) is 0 Å². The molecule has 0 radical (unpaired) electrons. The monoisotopic (exact) mass is 270 g/mol. The normalized spacial score (nSPS) is 23.5. The molecule has 1 fully saturated rings. The molecule has 110 valence electrons. The van der Waals surface area contributed by atoms with Crippen molar-refractivity contribution in [2.75, 3.05) is 26.7 Å². The van der Waals surface area contributed by atoms with Crippen molar-refractivity contribution < 1.29 is 14.7 Å². The van der Waals surface area contributed by atoms with Crippen LogP contribution in [0.3, 0.4) is 0 Å². The molecular weight excluding hydrogens is 244 g/mol. The number of amides is 2. The lowest BCUT2D eigenvalue weighted by atomic mass is 9.84. The highest BCUT2D eigenvalue weighted by atomic mass is 16.4. The maximum absolute atomic E-state index is 12.3. The third-order valence-corrected chi connectivity index (χ3v) is 3.79. The van der Waals surface area contributed by atoms with Crippen molar-refractivity contribution >= 4 is 12.0 Å². The van der Waals surface area contributed by atoms with Crippen LogP contribution in [0.2, 0.25) is 0 Å². The van der Waals surface area contributed by atoms with Gasteiger partial charge in [-0.15, -0.1) is 0 Å². The third-order valence-electron chi connectivity index (χ3n) is 3.79. The Kier molecular flexibility index (Phi) is 4.48. The number of rotatable bonds is 3. The minimum Gasteiger partial charge on any atom is -0.481 e. The average molecular weight is 270 g/mol. The van der Waals surface area contributed by atoms with E-state index in [1.807, 2.05) is 6.92 Å². The second-order valence-corrected chi connectivity index (χ2v) is 6.81. The molecule has 0 spiro atoms. The lowest BCUT2D eigenvalue weighted by Gasteiger charge is -2.31. The van der Waals surface area contributed by atoms with Gasteiger partial charge in [0, 0.05) is 26.7 Å². The highest BCUT2D eigenvalue weighted by molar-refractivity contribution is 5.79. The van der Waals surface area contributed by atoms with Gasteiger partial charge in [0.15, 0.2) is 0 Å². The molecule has 1 atom stereocenters. The van der Waals surface area contributed by atoms with Gasteiger partial charge in [0.05, 0.1) is 5.41 Å². The van der Waals surface area contributed by atoms with Gasteiger partial charge in [0.1, 0.15) is 0 Å². The van der Waals surface area contributed by atoms with Crippen LogP contribution in [-0.2, 0) is 4.79 Å². The predicted molar refractivity (Wildman–Crippen MR) is 74.0 cm³/mol. The van der Waals surface area contributed by atoms with Gasteiger partial charge in [-0.25, -0.2) is 4.79 Å². The standard InChI is InChI=1S/C14H26N2O3/c1-6-14(11(17)18)7-8-16(10-14)12(19)15(5)9-13(2,3)4/h6-10H2,1-5H3,(H,17,18). The third kappa shape index (κ3) is 3.61. The van der Waals surface area contributed by atoms with Gasteiger partial charge in [-0.05, 0) is 18.3 Å². The summed E-state index contributed by atoms with van der Waals surface area (Å²) in [7, 11) is 1.78. The first kappa shape index (κ1) is 15.8. The first-order valence-electron chi connectivity index (χ1n) is 6.85. The SMILES string of the molecule is CCC1(C(=O)O)CCN(C(=O)N(C)CC(C)(C)C)C1. The van der Waals surface area contributed by atoms with Crippen molar-refractivity contribution in [1.82, 2.24) is 9.80 Å². The Hall–Kier alpha value is -1.26. The number of urea groups is 1. The topological polar surface area (TPSA) is 60.9 Å². The molecule has 19 heavy (non-hydrogen) atoms. The molecule has 0 aromatic heterocycles. The summed E-state index contributed by atoms with van der Waals surface area (Å²) in [6, 6.07) is -0.0634. The molecule has 0 bridgehead atoms. The summed E-state index contributed by atoms with van der Waals surface area (Å²) in [5.41, 5.74) is -0.711. The first-order chi connectivity index (χ1) is 8.61. The van der Waals surface area contributed by atoms with Crippen LogP contribution < -0.4 is 0 Å². The van der Waals surface area contributed by atoms with Crippen LogP contribution in [0.1, 0.15) is 40.5 Å². The molecule has 1 aliphatic rings. The minimum atomic E-state index is -0.788. The fraction of sp³-hybridized carbons (Fsp3) is 0.857. The van der Waals surface area contributed by atoms with Crippen LogP contribution >= 0.6 is 0 Å². The molecule has 1 unspecified atom stereocenters.